The van der Waals surface area contributed by atoms with E-state index in [1.807, 2.05) is 31.2 Å². The molecule has 0 aliphatic heterocycles. The van der Waals surface area contributed by atoms with Crippen molar-refractivity contribution in [3.8, 4) is 5.95 Å². The molecule has 5 rings (SSSR count). The molecular weight excluding hydrogens is 518 g/mol. The minimum atomic E-state index is -0.709. The lowest BCUT2D eigenvalue weighted by molar-refractivity contribution is 0.178. The summed E-state index contributed by atoms with van der Waals surface area (Å²) in [4.78, 5) is 26.9. The van der Waals surface area contributed by atoms with Gasteiger partial charge in [-0.2, -0.15) is 19.7 Å². The zero-order chi connectivity index (χ0) is 28.4. The summed E-state index contributed by atoms with van der Waals surface area (Å²) in [5.41, 5.74) is 16.0. The van der Waals surface area contributed by atoms with Crippen molar-refractivity contribution in [1.29, 1.82) is 0 Å². The Hall–Kier alpha value is -5.13. The summed E-state index contributed by atoms with van der Waals surface area (Å²) >= 11 is 0. The number of hydrogen-bond donors (Lipinski definition) is 2. The van der Waals surface area contributed by atoms with Crippen LogP contribution in [0.4, 0.5) is 30.9 Å². The van der Waals surface area contributed by atoms with E-state index in [4.69, 9.17) is 16.2 Å². The van der Waals surface area contributed by atoms with Crippen LogP contribution in [0.3, 0.4) is 0 Å². The number of nitrogen functional groups attached to an aromatic ring is 2. The van der Waals surface area contributed by atoms with Gasteiger partial charge in [-0.1, -0.05) is 49.4 Å². The fourth-order valence-corrected chi connectivity index (χ4v) is 4.45. The molecule has 12 heteroatoms. The monoisotopic (exact) mass is 544 g/mol. The second-order valence-electron chi connectivity index (χ2n) is 9.02. The molecule has 3 aromatic heterocycles. The van der Waals surface area contributed by atoms with Gasteiger partial charge in [-0.25, -0.2) is 18.6 Å². The molecule has 10 nitrogen and oxygen atoms in total. The zero-order valence-corrected chi connectivity index (χ0v) is 21.8. The Morgan fingerprint density at radius 2 is 1.75 bits per heavy atom. The molecule has 0 spiro atoms. The number of carbonyl (C=O) groups is 1. The van der Waals surface area contributed by atoms with Crippen LogP contribution in [-0.4, -0.2) is 37.9 Å². The van der Waals surface area contributed by atoms with Crippen LogP contribution in [0, 0.1) is 11.6 Å². The first-order valence-electron chi connectivity index (χ1n) is 12.4. The highest BCUT2D eigenvalue weighted by atomic mass is 19.1. The van der Waals surface area contributed by atoms with Gasteiger partial charge in [0.15, 0.2) is 11.6 Å². The maximum atomic E-state index is 14.4. The van der Waals surface area contributed by atoms with E-state index < -0.39 is 17.7 Å². The van der Waals surface area contributed by atoms with Gasteiger partial charge in [0.05, 0.1) is 31.1 Å². The normalized spacial score (nSPS) is 11.1. The minimum Gasteiger partial charge on any atom is -0.452 e. The average molecular weight is 545 g/mol. The highest BCUT2D eigenvalue weighted by Gasteiger charge is 2.26. The maximum Gasteiger partial charge on any atom is 0.414 e. The summed E-state index contributed by atoms with van der Waals surface area (Å²) in [5, 5.41) is 4.51. The first kappa shape index (κ1) is 26.5. The van der Waals surface area contributed by atoms with Crippen LogP contribution < -0.4 is 16.4 Å². The number of amides is 1. The van der Waals surface area contributed by atoms with Gasteiger partial charge in [-0.05, 0) is 29.2 Å². The van der Waals surface area contributed by atoms with Crippen molar-refractivity contribution < 1.29 is 18.3 Å². The summed E-state index contributed by atoms with van der Waals surface area (Å²) in [7, 11) is 1.24. The first-order chi connectivity index (χ1) is 19.3. The van der Waals surface area contributed by atoms with Crippen LogP contribution in [0.5, 0.6) is 0 Å². The number of halogens is 2. The molecule has 3 heterocycles. The van der Waals surface area contributed by atoms with Gasteiger partial charge in [-0.15, -0.1) is 0 Å². The van der Waals surface area contributed by atoms with Crippen LogP contribution in [-0.2, 0) is 24.1 Å². The molecule has 0 radical (unpaired) electrons. The molecule has 1 amide bonds. The summed E-state index contributed by atoms with van der Waals surface area (Å²) < 4.78 is 34.8. The molecule has 0 atom stereocenters. The lowest BCUT2D eigenvalue weighted by Gasteiger charge is -2.24. The Morgan fingerprint density at radius 1 is 1.02 bits per heavy atom. The molecular formula is C28H26F2N8O2. The summed E-state index contributed by atoms with van der Waals surface area (Å²) in [6, 6.07) is 15.2. The Morgan fingerprint density at radius 3 is 2.45 bits per heavy atom. The van der Waals surface area contributed by atoms with E-state index in [9.17, 15) is 13.6 Å². The van der Waals surface area contributed by atoms with Gasteiger partial charge in [-0.3, -0.25) is 4.90 Å². The van der Waals surface area contributed by atoms with E-state index in [2.05, 4.69) is 20.1 Å². The Bertz CT molecular complexity index is 1700. The molecule has 0 aliphatic rings. The molecule has 0 aliphatic carbocycles. The summed E-state index contributed by atoms with van der Waals surface area (Å²) in [5.74, 6) is -1.34. The molecule has 40 heavy (non-hydrogen) atoms. The Kier molecular flexibility index (Phi) is 7.23. The average Bonchev–Trinajstić information content (AvgIpc) is 3.30. The number of methoxy groups -OCH3 is 1. The van der Waals surface area contributed by atoms with Gasteiger partial charge in [0.2, 0.25) is 0 Å². The zero-order valence-electron chi connectivity index (χ0n) is 21.8. The minimum absolute atomic E-state index is 0.0600. The molecule has 0 fully saturated rings. The number of benzene rings is 2. The van der Waals surface area contributed by atoms with Gasteiger partial charge in [0.25, 0.3) is 5.95 Å². The second kappa shape index (κ2) is 10.9. The standard InChI is InChI=1S/C28H26F2N8O2/c1-3-16-7-6-8-17(11-16)15-37(28(39)40-2)24-25(31)34-27(35-26(24)32)38-22-13-19(29)14-33-23(22)21(36-38)12-18-9-4-5-10-20(18)30/h4-11,13-14H,3,12,15H2,1-2H3,(H4,31,32,34,35). The number of aromatic nitrogens is 5. The number of ether oxygens (including phenoxy) is 1. The first-order valence-corrected chi connectivity index (χ1v) is 12.4. The highest BCUT2D eigenvalue weighted by Crippen LogP contribution is 2.32. The van der Waals surface area contributed by atoms with Crippen molar-refractivity contribution in [2.75, 3.05) is 23.5 Å². The summed E-state index contributed by atoms with van der Waals surface area (Å²) in [6.07, 6.45) is 1.25. The predicted octanol–water partition coefficient (Wildman–Crippen LogP) is 4.58. The third-order valence-corrected chi connectivity index (χ3v) is 6.39. The fourth-order valence-electron chi connectivity index (χ4n) is 4.45. The second-order valence-corrected chi connectivity index (χ2v) is 9.02. The number of aryl methyl sites for hydroxylation is 1. The quantitative estimate of drug-likeness (QED) is 0.304. The van der Waals surface area contributed by atoms with E-state index >= 15 is 0 Å². The number of hydrogen-bond acceptors (Lipinski definition) is 8. The van der Waals surface area contributed by atoms with Crippen molar-refractivity contribution in [2.45, 2.75) is 26.3 Å². The molecule has 0 saturated heterocycles. The van der Waals surface area contributed by atoms with Gasteiger partial charge >= 0.3 is 6.09 Å². The molecule has 0 unspecified atom stereocenters. The van der Waals surface area contributed by atoms with E-state index in [0.717, 1.165) is 23.7 Å². The van der Waals surface area contributed by atoms with E-state index in [1.54, 1.807) is 18.2 Å². The van der Waals surface area contributed by atoms with E-state index in [0.29, 0.717) is 16.8 Å². The molecule has 5 aromatic rings. The Labute approximate surface area is 228 Å². The van der Waals surface area contributed by atoms with Crippen LogP contribution in [0.1, 0.15) is 29.3 Å². The van der Waals surface area contributed by atoms with Gasteiger partial charge < -0.3 is 16.2 Å². The third-order valence-electron chi connectivity index (χ3n) is 6.39. The third kappa shape index (κ3) is 5.10. The number of fused-ring (bicyclic) bond motifs is 1. The van der Waals surface area contributed by atoms with Crippen LogP contribution in [0.25, 0.3) is 17.0 Å². The van der Waals surface area contributed by atoms with E-state index in [1.165, 1.54) is 28.8 Å². The van der Waals surface area contributed by atoms with Crippen molar-refractivity contribution in [1.82, 2.24) is 24.7 Å². The number of nitrogens with two attached hydrogens (primary N) is 2. The van der Waals surface area contributed by atoms with E-state index in [-0.39, 0.29) is 41.8 Å². The van der Waals surface area contributed by atoms with Crippen molar-refractivity contribution in [3.05, 3.63) is 94.8 Å². The van der Waals surface area contributed by atoms with Gasteiger partial charge in [0, 0.05) is 12.5 Å². The topological polar surface area (TPSA) is 138 Å². The number of anilines is 3. The van der Waals surface area contributed by atoms with Crippen molar-refractivity contribution in [2.24, 2.45) is 0 Å². The highest BCUT2D eigenvalue weighted by molar-refractivity contribution is 5.95. The maximum absolute atomic E-state index is 14.4. The predicted molar refractivity (Wildman–Crippen MR) is 147 cm³/mol. The number of rotatable bonds is 7. The molecule has 2 aromatic carbocycles. The number of pyridine rings is 1. The van der Waals surface area contributed by atoms with Crippen LogP contribution >= 0.6 is 0 Å². The fraction of sp³-hybridized carbons (Fsp3) is 0.179. The largest absolute Gasteiger partial charge is 0.452 e. The Balaban J connectivity index is 1.58. The molecule has 0 saturated carbocycles. The molecule has 4 N–H and O–H groups in total. The van der Waals surface area contributed by atoms with Crippen molar-refractivity contribution in [3.63, 3.8) is 0 Å². The molecule has 0 bridgehead atoms. The SMILES string of the molecule is CCc1cccc(CN(C(=O)OC)c2c(N)nc(-n3nc(Cc4ccccc4F)c4ncc(F)cc43)nc2N)c1. The number of carbonyl (C=O) groups excluding carboxylic acids is 1. The summed E-state index contributed by atoms with van der Waals surface area (Å²) in [6.45, 7) is 2.13. The number of nitrogens with zero attached hydrogens (tertiary/aromatic N) is 6. The smallest absolute Gasteiger partial charge is 0.414 e. The lowest BCUT2D eigenvalue weighted by atomic mass is 10.1. The lowest BCUT2D eigenvalue weighted by Crippen LogP contribution is -2.32. The molecule has 204 valence electrons. The van der Waals surface area contributed by atoms with Crippen molar-refractivity contribution >= 4 is 34.4 Å². The van der Waals surface area contributed by atoms with Gasteiger partial charge in [0.1, 0.15) is 22.8 Å². The van der Waals surface area contributed by atoms with Crippen LogP contribution in [0.15, 0.2) is 60.8 Å². The van der Waals surface area contributed by atoms with Crippen LogP contribution in [0.2, 0.25) is 0 Å².